The topological polar surface area (TPSA) is 78.6 Å². The summed E-state index contributed by atoms with van der Waals surface area (Å²) in [6, 6.07) is 3.50. The minimum Gasteiger partial charge on any atom is -0.545 e. The molecule has 0 saturated carbocycles. The maximum absolute atomic E-state index is 12.1. The van der Waals surface area contributed by atoms with Crippen molar-refractivity contribution in [3.05, 3.63) is 28.3 Å². The van der Waals surface area contributed by atoms with E-state index in [4.69, 9.17) is 26.6 Å². The molecule has 0 saturated heterocycles. The average molecular weight is 338 g/mol. The van der Waals surface area contributed by atoms with E-state index in [2.05, 4.69) is 0 Å². The largest absolute Gasteiger partial charge is 0.545 e. The molecule has 0 radical (unpaired) electrons. The Morgan fingerprint density at radius 3 is 2.83 bits per heavy atom. The van der Waals surface area contributed by atoms with Crippen LogP contribution in [0.3, 0.4) is 0 Å². The summed E-state index contributed by atoms with van der Waals surface area (Å²) in [5.74, 6) is 0.142. The Kier molecular flexibility index (Phi) is 6.07. The third kappa shape index (κ3) is 4.06. The maximum Gasteiger partial charge on any atom is 0.447 e. The van der Waals surface area contributed by atoms with Crippen molar-refractivity contribution < 1.29 is 19.0 Å². The third-order valence-corrected chi connectivity index (χ3v) is 4.37. The number of esters is 1. The van der Waals surface area contributed by atoms with Crippen LogP contribution in [0.2, 0.25) is 10.8 Å². The predicted molar refractivity (Wildman–Crippen MR) is 90.0 cm³/mol. The fourth-order valence-corrected chi connectivity index (χ4v) is 2.94. The van der Waals surface area contributed by atoms with Crippen LogP contribution in [0.1, 0.15) is 49.0 Å². The predicted octanol–water partition coefficient (Wildman–Crippen LogP) is 3.03. The van der Waals surface area contributed by atoms with Gasteiger partial charge in [0.1, 0.15) is 17.1 Å². The number of hydrogen-bond donors (Lipinski definition) is 1. The molecule has 1 aliphatic rings. The number of hydrogen-bond acceptors (Lipinski definition) is 5. The van der Waals surface area contributed by atoms with Gasteiger partial charge in [0.15, 0.2) is 0 Å². The summed E-state index contributed by atoms with van der Waals surface area (Å²) in [6.45, 7) is 3.84. The second kappa shape index (κ2) is 7.84. The standard InChI is InChI=1S/C16H21BClNO4/c1-3-12(20)7-6-11-9-10-5-8-13(18)14(16(21)22-4-2)15(10)23-17(11)19/h5,8,11H,3-4,6-7,9,19H2,1-2H3/t11-/m0/s1. The number of nitrogens with two attached hydrogens (primary N) is 1. The molecule has 1 atom stereocenters. The number of ether oxygens (including phenoxy) is 1. The average Bonchev–Trinajstić information content (AvgIpc) is 2.52. The van der Waals surface area contributed by atoms with Gasteiger partial charge in [-0.1, -0.05) is 24.6 Å². The fraction of sp³-hybridized carbons (Fsp3) is 0.500. The van der Waals surface area contributed by atoms with Crippen molar-refractivity contribution in [3.63, 3.8) is 0 Å². The van der Waals surface area contributed by atoms with Crippen molar-refractivity contribution in [2.45, 2.75) is 45.3 Å². The summed E-state index contributed by atoms with van der Waals surface area (Å²) < 4.78 is 10.8. The first-order valence-electron chi connectivity index (χ1n) is 7.90. The lowest BCUT2D eigenvalue weighted by Crippen LogP contribution is -2.43. The smallest absolute Gasteiger partial charge is 0.447 e. The highest BCUT2D eigenvalue weighted by atomic mass is 35.5. The Morgan fingerprint density at radius 2 is 2.17 bits per heavy atom. The van der Waals surface area contributed by atoms with Gasteiger partial charge in [-0.05, 0) is 37.2 Å². The summed E-state index contributed by atoms with van der Waals surface area (Å²) in [5, 5.41) is 0.286. The molecule has 0 fully saturated rings. The quantitative estimate of drug-likeness (QED) is 0.637. The number of benzene rings is 1. The summed E-state index contributed by atoms with van der Waals surface area (Å²) in [5.41, 5.74) is 7.18. The van der Waals surface area contributed by atoms with Crippen LogP contribution < -0.4 is 10.3 Å². The van der Waals surface area contributed by atoms with Gasteiger partial charge in [-0.3, -0.25) is 4.79 Å². The molecule has 1 aromatic carbocycles. The number of halogens is 1. The van der Waals surface area contributed by atoms with Crippen molar-refractivity contribution in [3.8, 4) is 5.75 Å². The highest BCUT2D eigenvalue weighted by molar-refractivity contribution is 6.51. The molecule has 0 unspecified atom stereocenters. The molecule has 1 heterocycles. The number of ketones is 1. The fourth-order valence-electron chi connectivity index (χ4n) is 2.71. The maximum atomic E-state index is 12.1. The highest BCUT2D eigenvalue weighted by Gasteiger charge is 2.35. The van der Waals surface area contributed by atoms with Crippen LogP contribution >= 0.6 is 11.6 Å². The number of carbonyl (C=O) groups is 2. The van der Waals surface area contributed by atoms with Gasteiger partial charge in [-0.15, -0.1) is 0 Å². The van der Waals surface area contributed by atoms with Gasteiger partial charge in [-0.2, -0.15) is 0 Å². The lowest BCUT2D eigenvalue weighted by atomic mass is 9.61. The van der Waals surface area contributed by atoms with Gasteiger partial charge >= 0.3 is 13.0 Å². The lowest BCUT2D eigenvalue weighted by molar-refractivity contribution is -0.118. The van der Waals surface area contributed by atoms with E-state index < -0.39 is 13.0 Å². The third-order valence-electron chi connectivity index (χ3n) is 4.06. The first-order chi connectivity index (χ1) is 11.0. The zero-order valence-electron chi connectivity index (χ0n) is 13.4. The Hall–Kier alpha value is -1.53. The van der Waals surface area contributed by atoms with Crippen LogP contribution in [0.5, 0.6) is 5.75 Å². The minimum absolute atomic E-state index is 0.0363. The summed E-state index contributed by atoms with van der Waals surface area (Å²) in [7, 11) is -0.571. The SMILES string of the molecule is CCOC(=O)c1c(Cl)ccc2c1OB(N)[C@@H](CCC(=O)CC)C2. The van der Waals surface area contributed by atoms with Gasteiger partial charge < -0.3 is 15.0 Å². The van der Waals surface area contributed by atoms with Crippen molar-refractivity contribution in [2.75, 3.05) is 6.61 Å². The first kappa shape index (κ1) is 17.8. The van der Waals surface area contributed by atoms with Crippen LogP contribution in [0.15, 0.2) is 12.1 Å². The van der Waals surface area contributed by atoms with E-state index in [1.54, 1.807) is 13.0 Å². The Balaban J connectivity index is 2.23. The van der Waals surface area contributed by atoms with Crippen molar-refractivity contribution in [1.29, 1.82) is 0 Å². The zero-order valence-corrected chi connectivity index (χ0v) is 14.2. The molecule has 5 nitrogen and oxygen atoms in total. The van der Waals surface area contributed by atoms with E-state index in [0.29, 0.717) is 31.4 Å². The van der Waals surface area contributed by atoms with Crippen LogP contribution in [-0.2, 0) is 16.0 Å². The molecule has 0 aromatic heterocycles. The zero-order chi connectivity index (χ0) is 17.0. The molecule has 1 aromatic rings. The first-order valence-corrected chi connectivity index (χ1v) is 8.28. The molecule has 0 bridgehead atoms. The monoisotopic (exact) mass is 337 g/mol. The number of fused-ring (bicyclic) bond motifs is 1. The van der Waals surface area contributed by atoms with Crippen LogP contribution in [-0.4, -0.2) is 25.4 Å². The summed E-state index contributed by atoms with van der Waals surface area (Å²) in [4.78, 5) is 23.6. The molecule has 0 spiro atoms. The number of carbonyl (C=O) groups excluding carboxylic acids is 2. The molecule has 2 N–H and O–H groups in total. The van der Waals surface area contributed by atoms with E-state index in [0.717, 1.165) is 5.56 Å². The second-order valence-electron chi connectivity index (χ2n) is 5.61. The summed E-state index contributed by atoms with van der Waals surface area (Å²) in [6.07, 6.45) is 2.34. The van der Waals surface area contributed by atoms with E-state index >= 15 is 0 Å². The van der Waals surface area contributed by atoms with Crippen molar-refractivity contribution in [1.82, 2.24) is 0 Å². The molecule has 124 valence electrons. The van der Waals surface area contributed by atoms with Gasteiger partial charge in [0.05, 0.1) is 11.6 Å². The lowest BCUT2D eigenvalue weighted by Gasteiger charge is -2.30. The van der Waals surface area contributed by atoms with Gasteiger partial charge in [-0.25, -0.2) is 4.79 Å². The Bertz CT molecular complexity index is 608. The number of Topliss-reactive ketones (excluding diaryl/α,β-unsaturated/α-hetero) is 1. The molecule has 0 aliphatic carbocycles. The molecule has 7 heteroatoms. The second-order valence-corrected chi connectivity index (χ2v) is 6.02. The van der Waals surface area contributed by atoms with Gasteiger partial charge in [0.25, 0.3) is 0 Å². The molecular weight excluding hydrogens is 316 g/mol. The Labute approximate surface area is 141 Å². The molecular formula is C16H21BClNO4. The van der Waals surface area contributed by atoms with Crippen molar-refractivity contribution in [2.24, 2.45) is 5.64 Å². The van der Waals surface area contributed by atoms with Crippen LogP contribution in [0.4, 0.5) is 0 Å². The molecule has 2 rings (SSSR count). The van der Waals surface area contributed by atoms with E-state index in [1.807, 2.05) is 13.0 Å². The Morgan fingerprint density at radius 1 is 1.43 bits per heavy atom. The van der Waals surface area contributed by atoms with Gasteiger partial charge in [0.2, 0.25) is 0 Å². The normalized spacial score (nSPS) is 16.5. The number of rotatable bonds is 6. The highest BCUT2D eigenvalue weighted by Crippen LogP contribution is 2.39. The molecule has 23 heavy (non-hydrogen) atoms. The van der Waals surface area contributed by atoms with E-state index in [9.17, 15) is 9.59 Å². The molecule has 1 aliphatic heterocycles. The van der Waals surface area contributed by atoms with Gasteiger partial charge in [0, 0.05) is 12.8 Å². The minimum atomic E-state index is -0.571. The van der Waals surface area contributed by atoms with E-state index in [-0.39, 0.29) is 28.8 Å². The van der Waals surface area contributed by atoms with E-state index in [1.165, 1.54) is 0 Å². The van der Waals surface area contributed by atoms with Crippen LogP contribution in [0, 0.1) is 0 Å². The van der Waals surface area contributed by atoms with Crippen LogP contribution in [0.25, 0.3) is 0 Å². The molecule has 0 amide bonds. The van der Waals surface area contributed by atoms with Crippen molar-refractivity contribution >= 4 is 30.4 Å². The summed E-state index contributed by atoms with van der Waals surface area (Å²) >= 11 is 6.13.